The molecule has 0 heterocycles. The summed E-state index contributed by atoms with van der Waals surface area (Å²) in [5.74, 6) is 0.962. The van der Waals surface area contributed by atoms with Crippen LogP contribution in [0.3, 0.4) is 0 Å². The van der Waals surface area contributed by atoms with Gasteiger partial charge in [0, 0.05) is 12.5 Å². The predicted molar refractivity (Wildman–Crippen MR) is 79.6 cm³/mol. The van der Waals surface area contributed by atoms with Crippen LogP contribution in [0.1, 0.15) is 19.4 Å². The summed E-state index contributed by atoms with van der Waals surface area (Å²) in [7, 11) is 0. The van der Waals surface area contributed by atoms with Crippen LogP contribution in [0.2, 0.25) is 0 Å². The van der Waals surface area contributed by atoms with Gasteiger partial charge in [-0.15, -0.1) is 0 Å². The summed E-state index contributed by atoms with van der Waals surface area (Å²) in [5.41, 5.74) is 0.996. The molecule has 0 atom stereocenters. The smallest absolute Gasteiger partial charge is 0.222 e. The van der Waals surface area contributed by atoms with Gasteiger partial charge in [-0.1, -0.05) is 26.0 Å². The van der Waals surface area contributed by atoms with Crippen molar-refractivity contribution >= 4 is 5.91 Å². The molecule has 3 nitrogen and oxygen atoms in total. The fourth-order valence-electron chi connectivity index (χ4n) is 1.71. The summed E-state index contributed by atoms with van der Waals surface area (Å²) in [6.45, 7) is 4.21. The first-order valence-corrected chi connectivity index (χ1v) is 6.84. The molecule has 0 aromatic heterocycles. The van der Waals surface area contributed by atoms with Gasteiger partial charge in [-0.25, -0.2) is 4.39 Å². The summed E-state index contributed by atoms with van der Waals surface area (Å²) in [6.07, 6.45) is 0. The van der Waals surface area contributed by atoms with Crippen LogP contribution in [0.4, 0.5) is 4.39 Å². The van der Waals surface area contributed by atoms with Crippen molar-refractivity contribution in [3.8, 4) is 11.5 Å². The fraction of sp³-hybridized carbons (Fsp3) is 0.235. The lowest BCUT2D eigenvalue weighted by Gasteiger charge is -2.09. The zero-order valence-corrected chi connectivity index (χ0v) is 12.1. The largest absolute Gasteiger partial charge is 0.457 e. The highest BCUT2D eigenvalue weighted by atomic mass is 19.1. The summed E-state index contributed by atoms with van der Waals surface area (Å²) in [4.78, 5) is 11.5. The van der Waals surface area contributed by atoms with Crippen molar-refractivity contribution in [3.05, 3.63) is 59.9 Å². The van der Waals surface area contributed by atoms with E-state index in [1.165, 1.54) is 12.1 Å². The number of amides is 1. The Kier molecular flexibility index (Phi) is 4.93. The number of carbonyl (C=O) groups is 1. The molecular formula is C17H18FNO2. The van der Waals surface area contributed by atoms with Gasteiger partial charge in [0.25, 0.3) is 0 Å². The Balaban J connectivity index is 1.92. The van der Waals surface area contributed by atoms with Crippen molar-refractivity contribution in [1.29, 1.82) is 0 Å². The number of nitrogens with one attached hydrogen (secondary N) is 1. The molecule has 0 aliphatic heterocycles. The molecule has 0 fully saturated rings. The number of carbonyl (C=O) groups excluding carboxylic acids is 1. The van der Waals surface area contributed by atoms with E-state index in [2.05, 4.69) is 5.32 Å². The number of hydrogen-bond acceptors (Lipinski definition) is 2. The van der Waals surface area contributed by atoms with E-state index in [1.54, 1.807) is 12.1 Å². The van der Waals surface area contributed by atoms with E-state index in [9.17, 15) is 9.18 Å². The van der Waals surface area contributed by atoms with Gasteiger partial charge in [0.05, 0.1) is 0 Å². The monoisotopic (exact) mass is 287 g/mol. The normalized spacial score (nSPS) is 10.5. The zero-order chi connectivity index (χ0) is 15.2. The molecule has 0 radical (unpaired) electrons. The molecule has 1 N–H and O–H groups in total. The molecule has 0 unspecified atom stereocenters. The van der Waals surface area contributed by atoms with Gasteiger partial charge in [-0.2, -0.15) is 0 Å². The van der Waals surface area contributed by atoms with Gasteiger partial charge < -0.3 is 10.1 Å². The molecule has 21 heavy (non-hydrogen) atoms. The third-order valence-electron chi connectivity index (χ3n) is 2.96. The van der Waals surface area contributed by atoms with Crippen molar-refractivity contribution in [2.75, 3.05) is 0 Å². The van der Waals surface area contributed by atoms with Crippen LogP contribution in [0.25, 0.3) is 0 Å². The highest BCUT2D eigenvalue weighted by Gasteiger charge is 2.06. The van der Waals surface area contributed by atoms with Gasteiger partial charge in [0.15, 0.2) is 0 Å². The van der Waals surface area contributed by atoms with Crippen molar-refractivity contribution in [2.45, 2.75) is 20.4 Å². The maximum atomic E-state index is 12.8. The van der Waals surface area contributed by atoms with E-state index in [4.69, 9.17) is 4.74 Å². The zero-order valence-electron chi connectivity index (χ0n) is 12.1. The Bertz CT molecular complexity index is 591. The van der Waals surface area contributed by atoms with Crippen LogP contribution in [0.15, 0.2) is 48.5 Å². The van der Waals surface area contributed by atoms with E-state index in [0.29, 0.717) is 18.0 Å². The van der Waals surface area contributed by atoms with E-state index < -0.39 is 0 Å². The molecule has 4 heteroatoms. The third kappa shape index (κ3) is 4.60. The number of ether oxygens (including phenoxy) is 1. The quantitative estimate of drug-likeness (QED) is 0.906. The topological polar surface area (TPSA) is 38.3 Å². The molecule has 110 valence electrons. The minimum atomic E-state index is -0.293. The second-order valence-electron chi connectivity index (χ2n) is 5.07. The van der Waals surface area contributed by atoms with Crippen LogP contribution in [-0.4, -0.2) is 5.91 Å². The van der Waals surface area contributed by atoms with Gasteiger partial charge >= 0.3 is 0 Å². The Hall–Kier alpha value is -2.36. The maximum Gasteiger partial charge on any atom is 0.222 e. The standard InChI is InChI=1S/C17H18FNO2/c1-12(2)17(20)19-11-13-3-7-15(8-4-13)21-16-9-5-14(18)6-10-16/h3-10,12H,11H2,1-2H3,(H,19,20). The van der Waals surface area contributed by atoms with Gasteiger partial charge in [-0.3, -0.25) is 4.79 Å². The summed E-state index contributed by atoms with van der Waals surface area (Å²) < 4.78 is 18.4. The maximum absolute atomic E-state index is 12.8. The number of hydrogen-bond donors (Lipinski definition) is 1. The van der Waals surface area contributed by atoms with E-state index in [0.717, 1.165) is 5.56 Å². The molecule has 2 rings (SSSR count). The molecule has 0 saturated heterocycles. The molecule has 0 bridgehead atoms. The average Bonchev–Trinajstić information content (AvgIpc) is 2.48. The second-order valence-corrected chi connectivity index (χ2v) is 5.07. The minimum absolute atomic E-state index is 0.0221. The average molecular weight is 287 g/mol. The van der Waals surface area contributed by atoms with Crippen LogP contribution in [0, 0.1) is 11.7 Å². The molecule has 2 aromatic carbocycles. The molecule has 0 saturated carbocycles. The molecular weight excluding hydrogens is 269 g/mol. The lowest BCUT2D eigenvalue weighted by atomic mass is 10.2. The second kappa shape index (κ2) is 6.88. The lowest BCUT2D eigenvalue weighted by molar-refractivity contribution is -0.124. The van der Waals surface area contributed by atoms with Crippen molar-refractivity contribution in [3.63, 3.8) is 0 Å². The van der Waals surface area contributed by atoms with Crippen LogP contribution in [0.5, 0.6) is 11.5 Å². The van der Waals surface area contributed by atoms with E-state index >= 15 is 0 Å². The molecule has 0 aliphatic carbocycles. The van der Waals surface area contributed by atoms with Crippen LogP contribution >= 0.6 is 0 Å². The van der Waals surface area contributed by atoms with Crippen molar-refractivity contribution < 1.29 is 13.9 Å². The predicted octanol–water partition coefficient (Wildman–Crippen LogP) is 3.89. The summed E-state index contributed by atoms with van der Waals surface area (Å²) in [6, 6.07) is 13.3. The number of rotatable bonds is 5. The molecule has 0 spiro atoms. The van der Waals surface area contributed by atoms with Crippen LogP contribution < -0.4 is 10.1 Å². The van der Waals surface area contributed by atoms with E-state index in [1.807, 2.05) is 38.1 Å². The Labute approximate surface area is 123 Å². The lowest BCUT2D eigenvalue weighted by Crippen LogP contribution is -2.26. The SMILES string of the molecule is CC(C)C(=O)NCc1ccc(Oc2ccc(F)cc2)cc1. The van der Waals surface area contributed by atoms with Gasteiger partial charge in [-0.05, 0) is 42.0 Å². The number of benzene rings is 2. The fourth-order valence-corrected chi connectivity index (χ4v) is 1.71. The third-order valence-corrected chi connectivity index (χ3v) is 2.96. The minimum Gasteiger partial charge on any atom is -0.457 e. The van der Waals surface area contributed by atoms with Crippen molar-refractivity contribution in [2.24, 2.45) is 5.92 Å². The summed E-state index contributed by atoms with van der Waals surface area (Å²) in [5, 5.41) is 2.85. The number of halogens is 1. The van der Waals surface area contributed by atoms with Gasteiger partial charge in [0.1, 0.15) is 17.3 Å². The first-order valence-electron chi connectivity index (χ1n) is 6.84. The first-order chi connectivity index (χ1) is 10.0. The molecule has 0 aliphatic rings. The van der Waals surface area contributed by atoms with E-state index in [-0.39, 0.29) is 17.6 Å². The molecule has 2 aromatic rings. The van der Waals surface area contributed by atoms with Crippen LogP contribution in [-0.2, 0) is 11.3 Å². The summed E-state index contributed by atoms with van der Waals surface area (Å²) >= 11 is 0. The Morgan fingerprint density at radius 2 is 1.57 bits per heavy atom. The Morgan fingerprint density at radius 3 is 2.10 bits per heavy atom. The Morgan fingerprint density at radius 1 is 1.05 bits per heavy atom. The molecule has 1 amide bonds. The highest BCUT2D eigenvalue weighted by Crippen LogP contribution is 2.21. The highest BCUT2D eigenvalue weighted by molar-refractivity contribution is 5.77. The van der Waals surface area contributed by atoms with Crippen molar-refractivity contribution in [1.82, 2.24) is 5.32 Å². The first kappa shape index (κ1) is 15.0. The van der Waals surface area contributed by atoms with Gasteiger partial charge in [0.2, 0.25) is 5.91 Å².